The second-order valence-electron chi connectivity index (χ2n) is 6.28. The van der Waals surface area contributed by atoms with Crippen LogP contribution in [-0.2, 0) is 12.8 Å². The van der Waals surface area contributed by atoms with E-state index in [4.69, 9.17) is 4.52 Å². The van der Waals surface area contributed by atoms with Gasteiger partial charge < -0.3 is 15.2 Å². The van der Waals surface area contributed by atoms with E-state index >= 15 is 0 Å². The molecule has 2 atom stereocenters. The number of nitrogens with one attached hydrogen (secondary N) is 2. The van der Waals surface area contributed by atoms with E-state index in [1.54, 1.807) is 0 Å². The van der Waals surface area contributed by atoms with Crippen LogP contribution in [0.5, 0.6) is 0 Å². The fourth-order valence-corrected chi connectivity index (χ4v) is 2.55. The van der Waals surface area contributed by atoms with E-state index in [1.807, 2.05) is 26.1 Å². The first kappa shape index (κ1) is 19.7. The Morgan fingerprint density at radius 3 is 2.60 bits per heavy atom. The molecule has 1 aliphatic rings. The van der Waals surface area contributed by atoms with Crippen molar-refractivity contribution < 1.29 is 4.52 Å². The smallest absolute Gasteiger partial charge is 0.257 e. The van der Waals surface area contributed by atoms with Gasteiger partial charge in [-0.2, -0.15) is 4.98 Å². The molecule has 2 N–H and O–H groups in total. The Bertz CT molecular complexity index is 698. The first-order chi connectivity index (χ1) is 11.7. The maximum absolute atomic E-state index is 5.26. The molecule has 2 unspecified atom stereocenters. The summed E-state index contributed by atoms with van der Waals surface area (Å²) < 4.78 is 5.26. The lowest BCUT2D eigenvalue weighted by Crippen LogP contribution is -2.39. The van der Waals surface area contributed by atoms with Crippen LogP contribution in [0.2, 0.25) is 0 Å². The molecule has 25 heavy (non-hydrogen) atoms. The Balaban J connectivity index is 0.00000225. The van der Waals surface area contributed by atoms with Crippen molar-refractivity contribution in [2.45, 2.75) is 39.2 Å². The van der Waals surface area contributed by atoms with Gasteiger partial charge in [-0.1, -0.05) is 31.1 Å². The number of benzene rings is 1. The van der Waals surface area contributed by atoms with Crippen molar-refractivity contribution in [1.29, 1.82) is 0 Å². The van der Waals surface area contributed by atoms with Crippen molar-refractivity contribution in [2.75, 3.05) is 13.6 Å². The molecule has 0 spiro atoms. The average Bonchev–Trinajstić information content (AvgIpc) is 3.11. The van der Waals surface area contributed by atoms with Crippen LogP contribution in [0, 0.1) is 5.92 Å². The van der Waals surface area contributed by atoms with Gasteiger partial charge in [-0.3, -0.25) is 4.99 Å². The van der Waals surface area contributed by atoms with Crippen LogP contribution in [0.25, 0.3) is 11.5 Å². The van der Waals surface area contributed by atoms with E-state index in [-0.39, 0.29) is 24.0 Å². The zero-order valence-electron chi connectivity index (χ0n) is 15.0. The van der Waals surface area contributed by atoms with Crippen molar-refractivity contribution in [3.63, 3.8) is 0 Å². The summed E-state index contributed by atoms with van der Waals surface area (Å²) in [5, 5.41) is 10.7. The number of hydrogen-bond acceptors (Lipinski definition) is 4. The molecule has 1 aromatic carbocycles. The lowest BCUT2D eigenvalue weighted by Gasteiger charge is -2.11. The van der Waals surface area contributed by atoms with Gasteiger partial charge in [-0.05, 0) is 36.5 Å². The van der Waals surface area contributed by atoms with E-state index < -0.39 is 0 Å². The molecule has 6 nitrogen and oxygen atoms in total. The second-order valence-corrected chi connectivity index (χ2v) is 6.28. The molecule has 0 saturated heterocycles. The minimum atomic E-state index is 0. The summed E-state index contributed by atoms with van der Waals surface area (Å²) >= 11 is 0. The molecule has 0 radical (unpaired) electrons. The largest absolute Gasteiger partial charge is 0.356 e. The van der Waals surface area contributed by atoms with Crippen LogP contribution in [0.1, 0.15) is 31.7 Å². The number of halogens is 1. The van der Waals surface area contributed by atoms with Crippen LogP contribution in [-0.4, -0.2) is 35.7 Å². The van der Waals surface area contributed by atoms with Gasteiger partial charge in [-0.15, -0.1) is 24.0 Å². The minimum Gasteiger partial charge on any atom is -0.356 e. The molecule has 1 aliphatic carbocycles. The maximum Gasteiger partial charge on any atom is 0.257 e. The van der Waals surface area contributed by atoms with Crippen LogP contribution in [0.4, 0.5) is 0 Å². The topological polar surface area (TPSA) is 75.3 Å². The zero-order chi connectivity index (χ0) is 16.9. The molecule has 1 saturated carbocycles. The SMILES string of the molecule is CCc1noc(-c2ccc(CCNC(=NC)NC3CC3C)cc2)n1.I. The summed E-state index contributed by atoms with van der Waals surface area (Å²) in [5.41, 5.74) is 2.22. The summed E-state index contributed by atoms with van der Waals surface area (Å²) in [5.74, 6) is 2.97. The van der Waals surface area contributed by atoms with Crippen LogP contribution in [0.3, 0.4) is 0 Å². The van der Waals surface area contributed by atoms with Gasteiger partial charge in [0.25, 0.3) is 5.89 Å². The molecule has 7 heteroatoms. The standard InChI is InChI=1S/C18H25N5O.HI/c1-4-16-22-17(24-23-16)14-7-5-13(6-8-14)9-10-20-18(19-3)21-15-11-12(15)2;/h5-8,12,15H,4,9-11H2,1-3H3,(H2,19,20,21);1H. The van der Waals surface area contributed by atoms with Gasteiger partial charge in [0.05, 0.1) is 0 Å². The molecule has 0 aliphatic heterocycles. The number of guanidine groups is 1. The lowest BCUT2D eigenvalue weighted by molar-refractivity contribution is 0.423. The van der Waals surface area contributed by atoms with E-state index in [0.717, 1.165) is 42.7 Å². The predicted octanol–water partition coefficient (Wildman–Crippen LogP) is 3.03. The summed E-state index contributed by atoms with van der Waals surface area (Å²) in [6.07, 6.45) is 2.95. The van der Waals surface area contributed by atoms with Crippen molar-refractivity contribution in [2.24, 2.45) is 10.9 Å². The average molecular weight is 455 g/mol. The second kappa shape index (κ2) is 9.17. The van der Waals surface area contributed by atoms with E-state index in [1.165, 1.54) is 12.0 Å². The molecule has 0 amide bonds. The quantitative estimate of drug-likeness (QED) is 0.398. The third kappa shape index (κ3) is 5.42. The molecular weight excluding hydrogens is 429 g/mol. The maximum atomic E-state index is 5.26. The van der Waals surface area contributed by atoms with Crippen LogP contribution >= 0.6 is 24.0 Å². The highest BCUT2D eigenvalue weighted by atomic mass is 127. The molecule has 3 rings (SSSR count). The van der Waals surface area contributed by atoms with Gasteiger partial charge in [0, 0.05) is 31.6 Å². The zero-order valence-corrected chi connectivity index (χ0v) is 17.3. The van der Waals surface area contributed by atoms with Gasteiger partial charge in [0.1, 0.15) is 0 Å². The molecular formula is C18H26IN5O. The van der Waals surface area contributed by atoms with E-state index in [0.29, 0.717) is 11.9 Å². The number of rotatable bonds is 6. The number of aryl methyl sites for hydroxylation is 1. The molecule has 136 valence electrons. The molecule has 2 aromatic rings. The highest BCUT2D eigenvalue weighted by Crippen LogP contribution is 2.28. The summed E-state index contributed by atoms with van der Waals surface area (Å²) in [6.45, 7) is 5.11. The fourth-order valence-electron chi connectivity index (χ4n) is 2.55. The van der Waals surface area contributed by atoms with Crippen molar-refractivity contribution in [3.05, 3.63) is 35.7 Å². The van der Waals surface area contributed by atoms with Gasteiger partial charge >= 0.3 is 0 Å². The lowest BCUT2D eigenvalue weighted by atomic mass is 10.1. The van der Waals surface area contributed by atoms with Crippen LogP contribution < -0.4 is 10.6 Å². The Hall–Kier alpha value is -1.64. The first-order valence-corrected chi connectivity index (χ1v) is 8.58. The minimum absolute atomic E-state index is 0. The first-order valence-electron chi connectivity index (χ1n) is 8.58. The predicted molar refractivity (Wildman–Crippen MR) is 110 cm³/mol. The molecule has 1 aromatic heterocycles. The van der Waals surface area contributed by atoms with Gasteiger partial charge in [-0.25, -0.2) is 0 Å². The molecule has 1 heterocycles. The Morgan fingerprint density at radius 1 is 1.32 bits per heavy atom. The van der Waals surface area contributed by atoms with E-state index in [2.05, 4.69) is 44.8 Å². The Labute approximate surface area is 165 Å². The van der Waals surface area contributed by atoms with Crippen molar-refractivity contribution in [1.82, 2.24) is 20.8 Å². The van der Waals surface area contributed by atoms with Crippen molar-refractivity contribution in [3.8, 4) is 11.5 Å². The number of nitrogens with zero attached hydrogens (tertiary/aromatic N) is 3. The monoisotopic (exact) mass is 455 g/mol. The van der Waals surface area contributed by atoms with Crippen LogP contribution in [0.15, 0.2) is 33.8 Å². The highest BCUT2D eigenvalue weighted by molar-refractivity contribution is 14.0. The van der Waals surface area contributed by atoms with Gasteiger partial charge in [0.2, 0.25) is 0 Å². The van der Waals surface area contributed by atoms with E-state index in [9.17, 15) is 0 Å². The molecule has 0 bridgehead atoms. The summed E-state index contributed by atoms with van der Waals surface area (Å²) in [7, 11) is 1.81. The Kier molecular flexibility index (Phi) is 7.22. The number of aromatic nitrogens is 2. The Morgan fingerprint density at radius 2 is 2.04 bits per heavy atom. The molecule has 1 fully saturated rings. The highest BCUT2D eigenvalue weighted by Gasteiger charge is 2.33. The fraction of sp³-hybridized carbons (Fsp3) is 0.500. The van der Waals surface area contributed by atoms with Gasteiger partial charge in [0.15, 0.2) is 11.8 Å². The normalized spacial score (nSPS) is 19.2. The summed E-state index contributed by atoms with van der Waals surface area (Å²) in [6, 6.07) is 8.85. The number of hydrogen-bond donors (Lipinski definition) is 2. The van der Waals surface area contributed by atoms with Crippen molar-refractivity contribution >= 4 is 29.9 Å². The summed E-state index contributed by atoms with van der Waals surface area (Å²) in [4.78, 5) is 8.62. The third-order valence-corrected chi connectivity index (χ3v) is 4.35. The third-order valence-electron chi connectivity index (χ3n) is 4.35. The number of aliphatic imine (C=N–C) groups is 1.